The molecule has 9 heavy (non-hydrogen) atoms. The van der Waals surface area contributed by atoms with Gasteiger partial charge in [-0.25, -0.2) is 4.99 Å². The normalized spacial score (nSPS) is 9.89. The highest BCUT2D eigenvalue weighted by Crippen LogP contribution is 2.00. The second kappa shape index (κ2) is 5.29. The third-order valence-electron chi connectivity index (χ3n) is 1.01. The van der Waals surface area contributed by atoms with Crippen molar-refractivity contribution < 1.29 is 4.99 Å². The highest BCUT2D eigenvalue weighted by molar-refractivity contribution is 5.15. The van der Waals surface area contributed by atoms with Gasteiger partial charge < -0.3 is 0 Å². The van der Waals surface area contributed by atoms with Crippen molar-refractivity contribution in [3.63, 3.8) is 0 Å². The van der Waals surface area contributed by atoms with E-state index in [1.807, 2.05) is 6.08 Å². The van der Waals surface area contributed by atoms with E-state index >= 15 is 0 Å². The zero-order chi connectivity index (χ0) is 7.11. The first-order chi connectivity index (χ1) is 4.31. The summed E-state index contributed by atoms with van der Waals surface area (Å²) in [7, 11) is 0. The molecule has 0 saturated heterocycles. The van der Waals surface area contributed by atoms with E-state index < -0.39 is 0 Å². The van der Waals surface area contributed by atoms with Crippen LogP contribution in [0.3, 0.4) is 0 Å². The van der Waals surface area contributed by atoms with Crippen molar-refractivity contribution >= 4 is 6.72 Å². The fourth-order valence-corrected chi connectivity index (χ4v) is 0.581. The van der Waals surface area contributed by atoms with Crippen molar-refractivity contribution in [2.45, 2.75) is 19.8 Å². The Labute approximate surface area is 56.8 Å². The van der Waals surface area contributed by atoms with Crippen molar-refractivity contribution in [2.24, 2.45) is 0 Å². The van der Waals surface area contributed by atoms with Gasteiger partial charge in [0.15, 0.2) is 6.20 Å². The van der Waals surface area contributed by atoms with Gasteiger partial charge in [0, 0.05) is 6.08 Å². The number of rotatable bonds is 4. The van der Waals surface area contributed by atoms with Crippen molar-refractivity contribution in [1.29, 1.82) is 0 Å². The molecule has 0 heterocycles. The fourth-order valence-electron chi connectivity index (χ4n) is 0.581. The summed E-state index contributed by atoms with van der Waals surface area (Å²) in [5.41, 5.74) is 1.15. The van der Waals surface area contributed by atoms with E-state index in [1.54, 1.807) is 6.20 Å². The van der Waals surface area contributed by atoms with Crippen LogP contribution in [-0.4, -0.2) is 6.72 Å². The molecule has 0 atom stereocenters. The Morgan fingerprint density at radius 1 is 1.67 bits per heavy atom. The quantitative estimate of drug-likeness (QED) is 0.417. The minimum absolute atomic E-state index is 1.07. The summed E-state index contributed by atoms with van der Waals surface area (Å²) in [5.74, 6) is 0. The van der Waals surface area contributed by atoms with Crippen LogP contribution in [0.1, 0.15) is 19.8 Å². The van der Waals surface area contributed by atoms with Crippen molar-refractivity contribution in [1.82, 2.24) is 0 Å². The Morgan fingerprint density at radius 3 is 2.78 bits per heavy atom. The number of hydrogen-bond acceptors (Lipinski definition) is 0. The summed E-state index contributed by atoms with van der Waals surface area (Å²) in [5, 5.41) is 0. The highest BCUT2D eigenvalue weighted by atomic mass is 14.6. The average Bonchev–Trinajstić information content (AvgIpc) is 1.85. The van der Waals surface area contributed by atoms with Crippen LogP contribution in [0.5, 0.6) is 0 Å². The first-order valence-electron chi connectivity index (χ1n) is 3.18. The van der Waals surface area contributed by atoms with Crippen LogP contribution >= 0.6 is 0 Å². The van der Waals surface area contributed by atoms with E-state index in [2.05, 4.69) is 25.2 Å². The third kappa shape index (κ3) is 5.01. The maximum atomic E-state index is 3.83. The van der Waals surface area contributed by atoms with Crippen LogP contribution in [0, 0.1) is 0 Å². The maximum Gasteiger partial charge on any atom is 0.166 e. The Balaban J connectivity index is 3.49. The Kier molecular flexibility index (Phi) is 4.79. The lowest BCUT2D eigenvalue weighted by atomic mass is 10.2. The molecule has 0 amide bonds. The van der Waals surface area contributed by atoms with Crippen molar-refractivity contribution in [2.75, 3.05) is 0 Å². The van der Waals surface area contributed by atoms with Crippen molar-refractivity contribution in [3.05, 3.63) is 24.4 Å². The predicted octanol–water partition coefficient (Wildman–Crippen LogP) is 0.638. The summed E-state index contributed by atoms with van der Waals surface area (Å²) >= 11 is 0. The summed E-state index contributed by atoms with van der Waals surface area (Å²) < 4.78 is 0. The monoisotopic (exact) mass is 124 g/mol. The lowest BCUT2D eigenvalue weighted by Gasteiger charge is -1.89. The van der Waals surface area contributed by atoms with Gasteiger partial charge in [-0.15, -0.1) is 0 Å². The van der Waals surface area contributed by atoms with Crippen LogP contribution in [0.15, 0.2) is 24.4 Å². The van der Waals surface area contributed by atoms with E-state index in [0.717, 1.165) is 18.4 Å². The molecule has 0 aliphatic carbocycles. The van der Waals surface area contributed by atoms with Gasteiger partial charge in [0.1, 0.15) is 6.72 Å². The van der Waals surface area contributed by atoms with E-state index in [9.17, 15) is 0 Å². The smallest absolute Gasteiger partial charge is 0.166 e. The van der Waals surface area contributed by atoms with Gasteiger partial charge >= 0.3 is 0 Å². The topological polar surface area (TPSA) is 14.0 Å². The Morgan fingerprint density at radius 2 is 2.33 bits per heavy atom. The molecule has 0 aliphatic heterocycles. The van der Waals surface area contributed by atoms with Crippen LogP contribution in [0.25, 0.3) is 0 Å². The molecule has 0 radical (unpaired) electrons. The minimum atomic E-state index is 1.07. The van der Waals surface area contributed by atoms with Gasteiger partial charge in [0.05, 0.1) is 0 Å². The molecule has 0 aromatic heterocycles. The zero-order valence-electron chi connectivity index (χ0n) is 5.98. The van der Waals surface area contributed by atoms with Crippen molar-refractivity contribution in [3.8, 4) is 0 Å². The largest absolute Gasteiger partial charge is 0.224 e. The van der Waals surface area contributed by atoms with Gasteiger partial charge in [-0.3, -0.25) is 0 Å². The van der Waals surface area contributed by atoms with Crippen LogP contribution in [0.2, 0.25) is 0 Å². The average molecular weight is 124 g/mol. The lowest BCUT2D eigenvalue weighted by Crippen LogP contribution is -2.57. The molecule has 0 aliphatic rings. The lowest BCUT2D eigenvalue weighted by molar-refractivity contribution is -0.361. The fraction of sp³-hybridized carbons (Fsp3) is 0.375. The molecule has 0 aromatic carbocycles. The molecule has 0 unspecified atom stereocenters. The Hall–Kier alpha value is -0.850. The number of allylic oxidation sites excluding steroid dienone is 2. The van der Waals surface area contributed by atoms with Gasteiger partial charge in [-0.1, -0.05) is 19.9 Å². The zero-order valence-corrected chi connectivity index (χ0v) is 5.98. The van der Waals surface area contributed by atoms with Crippen LogP contribution in [0.4, 0.5) is 0 Å². The SMILES string of the molecule is C=[NH+]/C=C\C(=C)CCC. The van der Waals surface area contributed by atoms with E-state index in [0.29, 0.717) is 0 Å². The standard InChI is InChI=1S/C8H13N/c1-4-5-8(2)6-7-9-3/h6-7H,2-5H2,1H3/p+1/b7-6-. The molecular weight excluding hydrogens is 110 g/mol. The molecule has 0 rings (SSSR count). The first-order valence-corrected chi connectivity index (χ1v) is 3.18. The molecule has 1 N–H and O–H groups in total. The molecule has 0 spiro atoms. The molecule has 0 fully saturated rings. The van der Waals surface area contributed by atoms with Gasteiger partial charge in [-0.2, -0.15) is 0 Å². The second-order valence-corrected chi connectivity index (χ2v) is 1.95. The molecule has 1 nitrogen and oxygen atoms in total. The van der Waals surface area contributed by atoms with Gasteiger partial charge in [-0.05, 0) is 12.0 Å². The maximum absolute atomic E-state index is 3.83. The Bertz CT molecular complexity index is 123. The van der Waals surface area contributed by atoms with E-state index in [-0.39, 0.29) is 0 Å². The van der Waals surface area contributed by atoms with Crippen LogP contribution in [-0.2, 0) is 0 Å². The summed E-state index contributed by atoms with van der Waals surface area (Å²) in [6.07, 6.45) is 5.95. The predicted molar refractivity (Wildman–Crippen MR) is 41.3 cm³/mol. The molecule has 0 bridgehead atoms. The molecule has 50 valence electrons. The van der Waals surface area contributed by atoms with E-state index in [1.165, 1.54) is 0 Å². The summed E-state index contributed by atoms with van der Waals surface area (Å²) in [4.78, 5) is 2.67. The first kappa shape index (κ1) is 8.15. The summed E-state index contributed by atoms with van der Waals surface area (Å²) in [6.45, 7) is 9.40. The summed E-state index contributed by atoms with van der Waals surface area (Å²) in [6, 6.07) is 0. The number of nitrogens with one attached hydrogen (secondary N) is 1. The molecule has 0 saturated carbocycles. The van der Waals surface area contributed by atoms with Crippen LogP contribution < -0.4 is 4.99 Å². The third-order valence-corrected chi connectivity index (χ3v) is 1.01. The second-order valence-electron chi connectivity index (χ2n) is 1.95. The molecular formula is C8H14N+. The minimum Gasteiger partial charge on any atom is -0.224 e. The van der Waals surface area contributed by atoms with Gasteiger partial charge in [0.25, 0.3) is 0 Å². The van der Waals surface area contributed by atoms with E-state index in [4.69, 9.17) is 0 Å². The highest BCUT2D eigenvalue weighted by Gasteiger charge is 1.84. The number of hydrogen-bond donors (Lipinski definition) is 1. The molecule has 1 heteroatoms. The molecule has 0 aromatic rings. The van der Waals surface area contributed by atoms with Gasteiger partial charge in [0.2, 0.25) is 0 Å².